The third kappa shape index (κ3) is 3.66. The summed E-state index contributed by atoms with van der Waals surface area (Å²) >= 11 is 0. The number of allylic oxidation sites excluding steroid dienone is 1. The molecule has 0 aliphatic heterocycles. The molecule has 2 N–H and O–H groups in total. The Bertz CT molecular complexity index is 674. The molecular weight excluding hydrogens is 389 g/mol. The number of aliphatic hydroxyl groups is 2. The molecule has 0 saturated heterocycles. The molecule has 0 radical (unpaired) electrons. The first-order valence-corrected chi connectivity index (χ1v) is 12.1. The van der Waals surface area contributed by atoms with Gasteiger partial charge < -0.3 is 10.2 Å². The number of hydrogen-bond acceptors (Lipinski definition) is 2. The summed E-state index contributed by atoms with van der Waals surface area (Å²) in [6.45, 7) is 6.95. The summed E-state index contributed by atoms with van der Waals surface area (Å²) in [4.78, 5) is 0. The lowest BCUT2D eigenvalue weighted by atomic mass is 9.47. The minimum atomic E-state index is -4.50. The van der Waals surface area contributed by atoms with Crippen LogP contribution in [0.25, 0.3) is 0 Å². The minimum absolute atomic E-state index is 0.180. The molecular formula is C25H39F3O2. The van der Waals surface area contributed by atoms with Crippen LogP contribution in [-0.2, 0) is 0 Å². The lowest BCUT2D eigenvalue weighted by molar-refractivity contribution is -0.206. The molecule has 0 aromatic heterocycles. The largest absolute Gasteiger partial charge is 0.414 e. The van der Waals surface area contributed by atoms with Crippen LogP contribution in [0.4, 0.5) is 13.2 Å². The summed E-state index contributed by atoms with van der Waals surface area (Å²) in [5.74, 6) is 2.67. The zero-order valence-corrected chi connectivity index (χ0v) is 18.7. The summed E-state index contributed by atoms with van der Waals surface area (Å²) in [6, 6.07) is 0. The molecule has 4 aliphatic carbocycles. The van der Waals surface area contributed by atoms with Crippen LogP contribution in [0, 0.1) is 40.4 Å². The first kappa shape index (κ1) is 22.6. The molecule has 3 saturated carbocycles. The van der Waals surface area contributed by atoms with Crippen LogP contribution in [0.15, 0.2) is 11.6 Å². The number of hydrogen-bond donors (Lipinski definition) is 2. The van der Waals surface area contributed by atoms with E-state index in [-0.39, 0.29) is 29.3 Å². The molecule has 4 rings (SSSR count). The Morgan fingerprint density at radius 2 is 1.80 bits per heavy atom. The van der Waals surface area contributed by atoms with E-state index in [9.17, 15) is 23.4 Å². The van der Waals surface area contributed by atoms with Crippen molar-refractivity contribution in [2.24, 2.45) is 40.4 Å². The number of alkyl halides is 3. The fraction of sp³-hybridized carbons (Fsp3) is 0.920. The van der Waals surface area contributed by atoms with Crippen LogP contribution < -0.4 is 0 Å². The van der Waals surface area contributed by atoms with E-state index in [1.165, 1.54) is 24.8 Å². The van der Waals surface area contributed by atoms with E-state index in [0.29, 0.717) is 30.1 Å². The molecule has 9 atom stereocenters. The Hall–Kier alpha value is -0.550. The highest BCUT2D eigenvalue weighted by atomic mass is 19.4. The Morgan fingerprint density at radius 1 is 1.07 bits per heavy atom. The van der Waals surface area contributed by atoms with Gasteiger partial charge in [0.2, 0.25) is 0 Å². The van der Waals surface area contributed by atoms with E-state index in [1.807, 2.05) is 0 Å². The van der Waals surface area contributed by atoms with Crippen LogP contribution in [0.5, 0.6) is 0 Å². The minimum Gasteiger partial charge on any atom is -0.393 e. The van der Waals surface area contributed by atoms with Crippen LogP contribution in [0.2, 0.25) is 0 Å². The topological polar surface area (TPSA) is 40.5 Å². The zero-order valence-electron chi connectivity index (χ0n) is 18.7. The fourth-order valence-electron chi connectivity index (χ4n) is 8.40. The average molecular weight is 429 g/mol. The first-order chi connectivity index (χ1) is 14.0. The molecule has 2 nitrogen and oxygen atoms in total. The second-order valence-electron chi connectivity index (χ2n) is 11.5. The Kier molecular flexibility index (Phi) is 5.88. The molecule has 0 spiro atoms. The molecule has 0 amide bonds. The van der Waals surface area contributed by atoms with Gasteiger partial charge in [0.25, 0.3) is 0 Å². The van der Waals surface area contributed by atoms with Crippen molar-refractivity contribution in [2.45, 2.75) is 103 Å². The molecule has 4 aliphatic rings. The van der Waals surface area contributed by atoms with Crippen molar-refractivity contribution < 1.29 is 23.4 Å². The normalized spacial score (nSPS) is 45.7. The first-order valence-electron chi connectivity index (χ1n) is 12.1. The van der Waals surface area contributed by atoms with Gasteiger partial charge in [-0.1, -0.05) is 32.4 Å². The number of rotatable bonds is 4. The smallest absolute Gasteiger partial charge is 0.393 e. The van der Waals surface area contributed by atoms with Crippen molar-refractivity contribution in [3.8, 4) is 0 Å². The third-order valence-corrected chi connectivity index (χ3v) is 10.1. The van der Waals surface area contributed by atoms with Crippen LogP contribution in [-0.4, -0.2) is 28.6 Å². The molecule has 0 unspecified atom stereocenters. The summed E-state index contributed by atoms with van der Waals surface area (Å²) in [5.41, 5.74) is 1.92. The average Bonchev–Trinajstić information content (AvgIpc) is 3.03. The second-order valence-corrected chi connectivity index (χ2v) is 11.5. The fourth-order valence-corrected chi connectivity index (χ4v) is 8.40. The van der Waals surface area contributed by atoms with Crippen molar-refractivity contribution in [3.63, 3.8) is 0 Å². The maximum Gasteiger partial charge on any atom is 0.414 e. The van der Waals surface area contributed by atoms with Gasteiger partial charge in [0.05, 0.1) is 6.10 Å². The molecule has 0 aromatic carbocycles. The van der Waals surface area contributed by atoms with E-state index >= 15 is 0 Å². The molecule has 5 heteroatoms. The highest BCUT2D eigenvalue weighted by molar-refractivity contribution is 5.25. The predicted octanol–water partition coefficient (Wildman–Crippen LogP) is 6.27. The molecule has 0 aromatic rings. The number of halogens is 3. The van der Waals surface area contributed by atoms with Crippen LogP contribution in [0.1, 0.15) is 85.0 Å². The number of aliphatic hydroxyl groups excluding tert-OH is 2. The van der Waals surface area contributed by atoms with Crippen molar-refractivity contribution in [1.82, 2.24) is 0 Å². The maximum absolute atomic E-state index is 12.7. The maximum atomic E-state index is 12.7. The quantitative estimate of drug-likeness (QED) is 0.519. The van der Waals surface area contributed by atoms with E-state index in [0.717, 1.165) is 32.1 Å². The summed E-state index contributed by atoms with van der Waals surface area (Å²) in [7, 11) is 0. The summed E-state index contributed by atoms with van der Waals surface area (Å²) in [5, 5.41) is 19.6. The van der Waals surface area contributed by atoms with E-state index in [1.54, 1.807) is 0 Å². The second kappa shape index (κ2) is 7.79. The Balaban J connectivity index is 1.47. The van der Waals surface area contributed by atoms with Gasteiger partial charge >= 0.3 is 6.18 Å². The molecule has 0 bridgehead atoms. The van der Waals surface area contributed by atoms with E-state index < -0.39 is 12.3 Å². The van der Waals surface area contributed by atoms with E-state index in [2.05, 4.69) is 26.8 Å². The zero-order chi connectivity index (χ0) is 21.9. The van der Waals surface area contributed by atoms with Crippen molar-refractivity contribution in [1.29, 1.82) is 0 Å². The van der Waals surface area contributed by atoms with Crippen LogP contribution in [0.3, 0.4) is 0 Å². The SMILES string of the molecule is C[C@H](CC[C@H](O)C(F)(F)F)[C@H]1CC[C@H]2[C@@H]3CC=C4C[C@@H](O)CC[C@]4(C)[C@H]3CC[C@]12C. The highest BCUT2D eigenvalue weighted by Gasteiger charge is 2.59. The van der Waals surface area contributed by atoms with Crippen molar-refractivity contribution in [2.75, 3.05) is 0 Å². The summed E-state index contributed by atoms with van der Waals surface area (Å²) < 4.78 is 38.2. The monoisotopic (exact) mass is 428 g/mol. The van der Waals surface area contributed by atoms with Gasteiger partial charge in [0.15, 0.2) is 0 Å². The van der Waals surface area contributed by atoms with Gasteiger partial charge in [0.1, 0.15) is 6.10 Å². The predicted molar refractivity (Wildman–Crippen MR) is 112 cm³/mol. The molecule has 3 fully saturated rings. The standard InChI is InChI=1S/C25H39F3O2/c1-15(4-9-22(30)25(26,27)28)19-7-8-20-18-6-5-16-14-17(29)10-12-23(16,2)21(18)11-13-24(19,20)3/h5,15,17-22,29-30H,4,6-14H2,1-3H3/t15-,17+,18+,19-,20+,21+,22+,23+,24-/m1/s1. The van der Waals surface area contributed by atoms with Crippen molar-refractivity contribution in [3.05, 3.63) is 11.6 Å². The Morgan fingerprint density at radius 3 is 2.50 bits per heavy atom. The third-order valence-electron chi connectivity index (χ3n) is 10.1. The Labute approximate surface area is 179 Å². The van der Waals surface area contributed by atoms with Crippen LogP contribution >= 0.6 is 0 Å². The van der Waals surface area contributed by atoms with Gasteiger partial charge in [-0.3, -0.25) is 0 Å². The van der Waals surface area contributed by atoms with E-state index in [4.69, 9.17) is 0 Å². The van der Waals surface area contributed by atoms with Crippen molar-refractivity contribution >= 4 is 0 Å². The highest BCUT2D eigenvalue weighted by Crippen LogP contribution is 2.67. The molecule has 0 heterocycles. The van der Waals surface area contributed by atoms with Gasteiger partial charge in [-0.05, 0) is 105 Å². The lowest BCUT2D eigenvalue weighted by Crippen LogP contribution is -2.50. The lowest BCUT2D eigenvalue weighted by Gasteiger charge is -2.58. The molecule has 30 heavy (non-hydrogen) atoms. The van der Waals surface area contributed by atoms with Gasteiger partial charge in [-0.25, -0.2) is 0 Å². The van der Waals surface area contributed by atoms with Gasteiger partial charge in [-0.15, -0.1) is 0 Å². The molecule has 172 valence electrons. The van der Waals surface area contributed by atoms with Gasteiger partial charge in [-0.2, -0.15) is 13.2 Å². The van der Waals surface area contributed by atoms with Gasteiger partial charge in [0, 0.05) is 0 Å². The number of fused-ring (bicyclic) bond motifs is 5. The summed E-state index contributed by atoms with van der Waals surface area (Å²) in [6.07, 6.45) is 4.43.